The molecule has 0 saturated carbocycles. The molecule has 0 aliphatic rings. The predicted molar refractivity (Wildman–Crippen MR) is 121 cm³/mol. The second kappa shape index (κ2) is 10.8. The van der Waals surface area contributed by atoms with Gasteiger partial charge in [0.15, 0.2) is 0 Å². The van der Waals surface area contributed by atoms with E-state index in [1.54, 1.807) is 19.1 Å². The molecule has 0 fully saturated rings. The predicted octanol–water partition coefficient (Wildman–Crippen LogP) is 4.94. The first-order valence-corrected chi connectivity index (χ1v) is 10.4. The molecule has 0 saturated heterocycles. The van der Waals surface area contributed by atoms with Crippen molar-refractivity contribution in [2.75, 3.05) is 7.11 Å². The van der Waals surface area contributed by atoms with E-state index in [1.807, 2.05) is 0 Å². The fourth-order valence-corrected chi connectivity index (χ4v) is 3.30. The minimum Gasteiger partial charge on any atom is -0.465 e. The van der Waals surface area contributed by atoms with Crippen molar-refractivity contribution in [3.63, 3.8) is 0 Å². The molecular weight excluding hydrogens is 463 g/mol. The SMILES string of the molecule is CC#Cc1cc(Oc2c(C(=O)N[C@@H](C)c3ccc(C(=O)OC)cc3)c(C(F)F)nn2C)ccc1F. The van der Waals surface area contributed by atoms with Gasteiger partial charge < -0.3 is 14.8 Å². The molecule has 0 spiro atoms. The van der Waals surface area contributed by atoms with Crippen LogP contribution in [0.5, 0.6) is 11.6 Å². The van der Waals surface area contributed by atoms with Gasteiger partial charge in [-0.1, -0.05) is 18.1 Å². The van der Waals surface area contributed by atoms with Gasteiger partial charge >= 0.3 is 5.97 Å². The van der Waals surface area contributed by atoms with Gasteiger partial charge in [-0.25, -0.2) is 22.6 Å². The fourth-order valence-electron chi connectivity index (χ4n) is 3.30. The molecular formula is C25H22F3N3O4. The first-order chi connectivity index (χ1) is 16.7. The van der Waals surface area contributed by atoms with Crippen molar-refractivity contribution in [3.8, 4) is 23.5 Å². The van der Waals surface area contributed by atoms with Gasteiger partial charge in [0, 0.05) is 7.05 Å². The van der Waals surface area contributed by atoms with Gasteiger partial charge in [0.1, 0.15) is 22.8 Å². The number of nitrogens with zero attached hydrogens (tertiary/aromatic N) is 2. The van der Waals surface area contributed by atoms with Gasteiger partial charge in [0.05, 0.1) is 24.3 Å². The van der Waals surface area contributed by atoms with Crippen molar-refractivity contribution in [2.45, 2.75) is 26.3 Å². The third-order valence-corrected chi connectivity index (χ3v) is 5.05. The smallest absolute Gasteiger partial charge is 0.337 e. The average molecular weight is 485 g/mol. The van der Waals surface area contributed by atoms with Gasteiger partial charge in [-0.2, -0.15) is 5.10 Å². The molecule has 0 unspecified atom stereocenters. The lowest BCUT2D eigenvalue weighted by molar-refractivity contribution is 0.0600. The first kappa shape index (κ1) is 25.4. The topological polar surface area (TPSA) is 82.4 Å². The Bertz CT molecular complexity index is 1310. The Hall–Kier alpha value is -4.26. The molecule has 2 aromatic carbocycles. The monoisotopic (exact) mass is 485 g/mol. The highest BCUT2D eigenvalue weighted by Gasteiger charge is 2.30. The van der Waals surface area contributed by atoms with Crippen molar-refractivity contribution in [3.05, 3.63) is 76.2 Å². The minimum absolute atomic E-state index is 0.0521. The molecule has 10 heteroatoms. The van der Waals surface area contributed by atoms with Crippen LogP contribution in [0.3, 0.4) is 0 Å². The number of nitrogens with one attached hydrogen (secondary N) is 1. The van der Waals surface area contributed by atoms with Crippen molar-refractivity contribution in [1.82, 2.24) is 15.1 Å². The van der Waals surface area contributed by atoms with Crippen LogP contribution < -0.4 is 10.1 Å². The van der Waals surface area contributed by atoms with Crippen LogP contribution in [-0.2, 0) is 11.8 Å². The lowest BCUT2D eigenvalue weighted by Crippen LogP contribution is -2.27. The summed E-state index contributed by atoms with van der Waals surface area (Å²) < 4.78 is 52.7. The standard InChI is InChI=1S/C25H22F3N3O4/c1-5-6-17-13-18(11-12-19(17)26)35-24-20(21(22(27)28)30-31(24)3)23(32)29-14(2)15-7-9-16(10-8-15)25(33)34-4/h7-14,22H,1-4H3,(H,29,32)/t14-/m0/s1. The lowest BCUT2D eigenvalue weighted by atomic mass is 10.1. The highest BCUT2D eigenvalue weighted by atomic mass is 19.3. The summed E-state index contributed by atoms with van der Waals surface area (Å²) in [5.74, 6) is 3.07. The maximum absolute atomic E-state index is 13.9. The van der Waals surface area contributed by atoms with Crippen LogP contribution in [0.1, 0.15) is 63.9 Å². The zero-order valence-electron chi connectivity index (χ0n) is 19.4. The number of amides is 1. The zero-order valence-corrected chi connectivity index (χ0v) is 19.4. The van der Waals surface area contributed by atoms with E-state index in [2.05, 4.69) is 27.0 Å². The molecule has 1 heterocycles. The molecule has 7 nitrogen and oxygen atoms in total. The van der Waals surface area contributed by atoms with Crippen LogP contribution in [0.2, 0.25) is 0 Å². The number of alkyl halides is 2. The van der Waals surface area contributed by atoms with Crippen LogP contribution >= 0.6 is 0 Å². The molecule has 1 amide bonds. The van der Waals surface area contributed by atoms with Gasteiger partial charge in [-0.3, -0.25) is 4.79 Å². The Morgan fingerprint density at radius 2 is 1.83 bits per heavy atom. The summed E-state index contributed by atoms with van der Waals surface area (Å²) in [7, 11) is 2.61. The van der Waals surface area contributed by atoms with Gasteiger partial charge in [-0.05, 0) is 49.7 Å². The van der Waals surface area contributed by atoms with E-state index in [0.717, 1.165) is 10.7 Å². The summed E-state index contributed by atoms with van der Waals surface area (Å²) >= 11 is 0. The number of aryl methyl sites for hydroxylation is 1. The molecule has 35 heavy (non-hydrogen) atoms. The van der Waals surface area contributed by atoms with Crippen LogP contribution in [0.4, 0.5) is 13.2 Å². The number of rotatable bonds is 7. The molecule has 0 bridgehead atoms. The Kier molecular flexibility index (Phi) is 7.81. The van der Waals surface area contributed by atoms with Crippen molar-refractivity contribution < 1.29 is 32.2 Å². The summed E-state index contributed by atoms with van der Waals surface area (Å²) in [6.45, 7) is 3.19. The Balaban J connectivity index is 1.91. The minimum atomic E-state index is -3.05. The molecule has 0 aliphatic carbocycles. The van der Waals surface area contributed by atoms with Crippen LogP contribution in [-0.4, -0.2) is 28.8 Å². The summed E-state index contributed by atoms with van der Waals surface area (Å²) in [5, 5.41) is 6.40. The highest BCUT2D eigenvalue weighted by molar-refractivity contribution is 5.98. The van der Waals surface area contributed by atoms with Crippen molar-refractivity contribution in [2.24, 2.45) is 7.05 Å². The molecule has 3 rings (SSSR count). The fraction of sp³-hybridized carbons (Fsp3) is 0.240. The number of carbonyl (C=O) groups is 2. The van der Waals surface area contributed by atoms with Crippen LogP contribution in [0, 0.1) is 17.7 Å². The number of halogens is 3. The van der Waals surface area contributed by atoms with Gasteiger partial charge in [0.25, 0.3) is 12.3 Å². The molecule has 1 atom stereocenters. The van der Waals surface area contributed by atoms with Crippen LogP contribution in [0.25, 0.3) is 0 Å². The maximum Gasteiger partial charge on any atom is 0.337 e. The second-order valence-electron chi connectivity index (χ2n) is 7.42. The Morgan fingerprint density at radius 1 is 1.14 bits per heavy atom. The molecule has 0 aliphatic heterocycles. The van der Waals surface area contributed by atoms with Crippen molar-refractivity contribution in [1.29, 1.82) is 0 Å². The second-order valence-corrected chi connectivity index (χ2v) is 7.42. The van der Waals surface area contributed by atoms with E-state index in [-0.39, 0.29) is 17.2 Å². The molecule has 1 N–H and O–H groups in total. The maximum atomic E-state index is 13.9. The van der Waals surface area contributed by atoms with E-state index in [9.17, 15) is 22.8 Å². The number of benzene rings is 2. The summed E-state index contributed by atoms with van der Waals surface area (Å²) in [5.41, 5.74) is -0.213. The summed E-state index contributed by atoms with van der Waals surface area (Å²) in [6.07, 6.45) is -3.05. The van der Waals surface area contributed by atoms with E-state index >= 15 is 0 Å². The quantitative estimate of drug-likeness (QED) is 0.379. The van der Waals surface area contributed by atoms with Gasteiger partial charge in [-0.15, -0.1) is 5.92 Å². The van der Waals surface area contributed by atoms with Crippen LogP contribution in [0.15, 0.2) is 42.5 Å². The highest BCUT2D eigenvalue weighted by Crippen LogP contribution is 2.33. The van der Waals surface area contributed by atoms with E-state index in [1.165, 1.54) is 45.3 Å². The largest absolute Gasteiger partial charge is 0.465 e. The van der Waals surface area contributed by atoms with Gasteiger partial charge in [0.2, 0.25) is 5.88 Å². The summed E-state index contributed by atoms with van der Waals surface area (Å²) in [6, 6.07) is 9.38. The first-order valence-electron chi connectivity index (χ1n) is 10.4. The number of hydrogen-bond donors (Lipinski definition) is 1. The third-order valence-electron chi connectivity index (χ3n) is 5.05. The molecule has 0 radical (unpaired) electrons. The molecule has 3 aromatic rings. The Labute approximate surface area is 199 Å². The molecule has 182 valence electrons. The van der Waals surface area contributed by atoms with E-state index in [4.69, 9.17) is 4.74 Å². The zero-order chi connectivity index (χ0) is 25.7. The number of methoxy groups -OCH3 is 1. The number of ether oxygens (including phenoxy) is 2. The number of esters is 1. The van der Waals surface area contributed by atoms with Crippen molar-refractivity contribution >= 4 is 11.9 Å². The number of aromatic nitrogens is 2. The normalized spacial score (nSPS) is 11.4. The molecule has 1 aromatic heterocycles. The lowest BCUT2D eigenvalue weighted by Gasteiger charge is -2.16. The number of carbonyl (C=O) groups excluding carboxylic acids is 2. The van der Waals surface area contributed by atoms with E-state index < -0.39 is 41.4 Å². The third kappa shape index (κ3) is 5.63. The average Bonchev–Trinajstić information content (AvgIpc) is 3.17. The number of hydrogen-bond acceptors (Lipinski definition) is 5. The Morgan fingerprint density at radius 3 is 2.43 bits per heavy atom. The summed E-state index contributed by atoms with van der Waals surface area (Å²) in [4.78, 5) is 24.7. The van der Waals surface area contributed by atoms with E-state index in [0.29, 0.717) is 11.1 Å².